The predicted molar refractivity (Wildman–Crippen MR) is 185 cm³/mol. The lowest BCUT2D eigenvalue weighted by atomic mass is 10.0. The molecule has 0 fully saturated rings. The Balaban J connectivity index is 1.84. The summed E-state index contributed by atoms with van der Waals surface area (Å²) in [5, 5.41) is 3.08. The zero-order chi connectivity index (χ0) is 33.4. The van der Waals surface area contributed by atoms with E-state index in [0.717, 1.165) is 39.8 Å². The van der Waals surface area contributed by atoms with E-state index in [1.807, 2.05) is 108 Å². The van der Waals surface area contributed by atoms with Crippen LogP contribution in [0.25, 0.3) is 0 Å². The first-order valence-electron chi connectivity index (χ1n) is 15.8. The summed E-state index contributed by atoms with van der Waals surface area (Å²) >= 11 is 0. The van der Waals surface area contributed by atoms with Gasteiger partial charge in [-0.15, -0.1) is 0 Å². The van der Waals surface area contributed by atoms with Crippen molar-refractivity contribution >= 4 is 27.5 Å². The largest absolute Gasteiger partial charge is 0.352 e. The summed E-state index contributed by atoms with van der Waals surface area (Å²) in [7, 11) is -4.16. The summed E-state index contributed by atoms with van der Waals surface area (Å²) in [5.41, 5.74) is 5.79. The van der Waals surface area contributed by atoms with Crippen molar-refractivity contribution in [2.45, 2.75) is 77.9 Å². The molecule has 0 aliphatic heterocycles. The first kappa shape index (κ1) is 34.4. The lowest BCUT2D eigenvalue weighted by Crippen LogP contribution is -2.54. The second-order valence-electron chi connectivity index (χ2n) is 12.1. The minimum Gasteiger partial charge on any atom is -0.352 e. The Kier molecular flexibility index (Phi) is 11.4. The number of benzene rings is 4. The number of nitrogens with zero attached hydrogens (tertiary/aromatic N) is 2. The zero-order valence-electron chi connectivity index (χ0n) is 27.7. The van der Waals surface area contributed by atoms with Crippen molar-refractivity contribution in [1.82, 2.24) is 10.2 Å². The Morgan fingerprint density at radius 2 is 1.41 bits per heavy atom. The van der Waals surface area contributed by atoms with E-state index in [0.29, 0.717) is 5.69 Å². The Morgan fingerprint density at radius 3 is 2.04 bits per heavy atom. The van der Waals surface area contributed by atoms with E-state index >= 15 is 0 Å². The molecule has 0 aromatic heterocycles. The van der Waals surface area contributed by atoms with Crippen molar-refractivity contribution in [3.05, 3.63) is 130 Å². The summed E-state index contributed by atoms with van der Waals surface area (Å²) in [5.74, 6) is -0.751. The van der Waals surface area contributed by atoms with Crippen LogP contribution in [-0.2, 0) is 32.6 Å². The third-order valence-electron chi connectivity index (χ3n) is 8.38. The van der Waals surface area contributed by atoms with E-state index in [-0.39, 0.29) is 29.8 Å². The number of aryl methyl sites for hydroxylation is 4. The van der Waals surface area contributed by atoms with Crippen LogP contribution in [0.3, 0.4) is 0 Å². The molecule has 1 N–H and O–H groups in total. The van der Waals surface area contributed by atoms with Gasteiger partial charge in [-0.1, -0.05) is 96.9 Å². The van der Waals surface area contributed by atoms with Gasteiger partial charge in [-0.25, -0.2) is 8.42 Å². The van der Waals surface area contributed by atoms with Gasteiger partial charge in [0.15, 0.2) is 0 Å². The number of hydrogen-bond acceptors (Lipinski definition) is 4. The monoisotopic (exact) mass is 639 g/mol. The van der Waals surface area contributed by atoms with Crippen LogP contribution in [0.5, 0.6) is 0 Å². The number of rotatable bonds is 13. The van der Waals surface area contributed by atoms with Gasteiger partial charge in [0.05, 0.1) is 10.6 Å². The van der Waals surface area contributed by atoms with Crippen LogP contribution in [0, 0.1) is 27.7 Å². The van der Waals surface area contributed by atoms with E-state index in [1.165, 1.54) is 4.31 Å². The number of carbonyl (C=O) groups excluding carboxylic acids is 2. The maximum absolute atomic E-state index is 14.7. The molecule has 0 aliphatic rings. The number of sulfonamides is 1. The van der Waals surface area contributed by atoms with Crippen LogP contribution in [0.1, 0.15) is 53.6 Å². The highest BCUT2D eigenvalue weighted by Crippen LogP contribution is 2.29. The summed E-state index contributed by atoms with van der Waals surface area (Å²) < 4.78 is 29.8. The molecule has 0 aliphatic carbocycles. The van der Waals surface area contributed by atoms with Gasteiger partial charge in [-0.3, -0.25) is 13.9 Å². The third-order valence-corrected chi connectivity index (χ3v) is 10.2. The molecule has 7 nitrogen and oxygen atoms in total. The molecule has 46 heavy (non-hydrogen) atoms. The minimum absolute atomic E-state index is 0.0895. The van der Waals surface area contributed by atoms with Gasteiger partial charge < -0.3 is 10.2 Å². The Morgan fingerprint density at radius 1 is 0.783 bits per heavy atom. The normalized spacial score (nSPS) is 12.7. The maximum atomic E-state index is 14.7. The van der Waals surface area contributed by atoms with Crippen LogP contribution in [0.15, 0.2) is 102 Å². The van der Waals surface area contributed by atoms with Crippen LogP contribution in [0.4, 0.5) is 5.69 Å². The second-order valence-corrected chi connectivity index (χ2v) is 13.9. The molecule has 2 atom stereocenters. The molecule has 0 saturated heterocycles. The van der Waals surface area contributed by atoms with Crippen molar-refractivity contribution in [1.29, 1.82) is 0 Å². The smallest absolute Gasteiger partial charge is 0.264 e. The van der Waals surface area contributed by atoms with Crippen molar-refractivity contribution < 1.29 is 18.0 Å². The Bertz CT molecular complexity index is 1750. The number of amides is 2. The van der Waals surface area contributed by atoms with Crippen LogP contribution < -0.4 is 9.62 Å². The average Bonchev–Trinajstić information content (AvgIpc) is 3.03. The van der Waals surface area contributed by atoms with Gasteiger partial charge in [0.2, 0.25) is 11.8 Å². The van der Waals surface area contributed by atoms with Gasteiger partial charge in [0.1, 0.15) is 12.6 Å². The maximum Gasteiger partial charge on any atom is 0.264 e. The molecule has 0 heterocycles. The molecule has 0 saturated carbocycles. The summed E-state index contributed by atoms with van der Waals surface area (Å²) in [6, 6.07) is 28.4. The van der Waals surface area contributed by atoms with Crippen molar-refractivity contribution in [2.75, 3.05) is 10.8 Å². The highest BCUT2D eigenvalue weighted by atomic mass is 32.2. The fourth-order valence-corrected chi connectivity index (χ4v) is 6.88. The van der Waals surface area contributed by atoms with E-state index in [9.17, 15) is 18.0 Å². The number of nitrogens with one attached hydrogen (secondary N) is 1. The quantitative estimate of drug-likeness (QED) is 0.177. The molecule has 0 radical (unpaired) electrons. The minimum atomic E-state index is -4.16. The number of hydrogen-bond donors (Lipinski definition) is 1. The summed E-state index contributed by atoms with van der Waals surface area (Å²) in [6.45, 7) is 11.2. The highest BCUT2D eigenvalue weighted by molar-refractivity contribution is 7.92. The molecule has 0 spiro atoms. The highest BCUT2D eigenvalue weighted by Gasteiger charge is 2.35. The fraction of sp³-hybridized carbons (Fsp3) is 0.316. The first-order valence-corrected chi connectivity index (χ1v) is 17.2. The number of anilines is 1. The zero-order valence-corrected chi connectivity index (χ0v) is 28.5. The van der Waals surface area contributed by atoms with Crippen molar-refractivity contribution in [2.24, 2.45) is 0 Å². The predicted octanol–water partition coefficient (Wildman–Crippen LogP) is 6.67. The van der Waals surface area contributed by atoms with Crippen LogP contribution in [0.2, 0.25) is 0 Å². The van der Waals surface area contributed by atoms with Gasteiger partial charge in [-0.2, -0.15) is 0 Å². The van der Waals surface area contributed by atoms with E-state index in [2.05, 4.69) is 5.32 Å². The number of carbonyl (C=O) groups is 2. The lowest BCUT2D eigenvalue weighted by molar-refractivity contribution is -0.140. The molecule has 8 heteroatoms. The van der Waals surface area contributed by atoms with Crippen LogP contribution in [-0.4, -0.2) is 43.8 Å². The Labute approximate surface area is 274 Å². The van der Waals surface area contributed by atoms with E-state index in [4.69, 9.17) is 0 Å². The van der Waals surface area contributed by atoms with E-state index < -0.39 is 28.5 Å². The lowest BCUT2D eigenvalue weighted by Gasteiger charge is -2.35. The Hall–Kier alpha value is -4.43. The van der Waals surface area contributed by atoms with Crippen molar-refractivity contribution in [3.8, 4) is 0 Å². The standard InChI is InChI=1S/C38H45N3O4S/c1-7-31(6)39-38(43)36(24-32-14-9-8-10-15-32)40(25-33-16-12-11-13-29(33)4)37(42)26-41(35-22-19-28(3)23-30(35)5)46(44,45)34-20-17-27(2)18-21-34/h8-23,31,36H,7,24-26H2,1-6H3,(H,39,43)/t31-,36+/m0/s1. The molecule has 4 rings (SSSR count). The van der Waals surface area contributed by atoms with Gasteiger partial charge in [0, 0.05) is 19.0 Å². The van der Waals surface area contributed by atoms with Crippen molar-refractivity contribution in [3.63, 3.8) is 0 Å². The van der Waals surface area contributed by atoms with Crippen LogP contribution >= 0.6 is 0 Å². The molecule has 242 valence electrons. The molecule has 0 bridgehead atoms. The van der Waals surface area contributed by atoms with Gasteiger partial charge in [-0.05, 0) is 81.5 Å². The first-order chi connectivity index (χ1) is 21.9. The second kappa shape index (κ2) is 15.2. The molecular formula is C38H45N3O4S. The summed E-state index contributed by atoms with van der Waals surface area (Å²) in [6.07, 6.45) is 1.000. The summed E-state index contributed by atoms with van der Waals surface area (Å²) in [4.78, 5) is 30.3. The van der Waals surface area contributed by atoms with Gasteiger partial charge in [0.25, 0.3) is 10.0 Å². The molecule has 4 aromatic rings. The average molecular weight is 640 g/mol. The SMILES string of the molecule is CC[C@H](C)NC(=O)[C@@H](Cc1ccccc1)N(Cc1ccccc1C)C(=O)CN(c1ccc(C)cc1C)S(=O)(=O)c1ccc(C)cc1. The molecule has 4 aromatic carbocycles. The van der Waals surface area contributed by atoms with E-state index in [1.54, 1.807) is 35.2 Å². The third kappa shape index (κ3) is 8.43. The molecule has 0 unspecified atom stereocenters. The molecule has 2 amide bonds. The fourth-order valence-electron chi connectivity index (χ4n) is 5.40. The topological polar surface area (TPSA) is 86.8 Å². The molecular weight excluding hydrogens is 595 g/mol. The van der Waals surface area contributed by atoms with Gasteiger partial charge >= 0.3 is 0 Å².